The van der Waals surface area contributed by atoms with Crippen molar-refractivity contribution in [1.82, 2.24) is 25.5 Å². The smallest absolute Gasteiger partial charge is 0.224 e. The summed E-state index contributed by atoms with van der Waals surface area (Å²) in [7, 11) is 0. The molecule has 6 aromatic rings. The second-order valence-corrected chi connectivity index (χ2v) is 15.3. The molecule has 2 amide bonds. The lowest BCUT2D eigenvalue weighted by Gasteiger charge is -2.36. The summed E-state index contributed by atoms with van der Waals surface area (Å²) in [5, 5.41) is 38.1. The molecule has 1 fully saturated rings. The van der Waals surface area contributed by atoms with Crippen LogP contribution in [0.3, 0.4) is 0 Å². The number of nitrogens with two attached hydrogens (primary N) is 1. The summed E-state index contributed by atoms with van der Waals surface area (Å²) in [5.74, 6) is 0.593. The number of para-hydroxylation sites is 2. The van der Waals surface area contributed by atoms with Gasteiger partial charge in [-0.15, -0.1) is 5.10 Å². The Morgan fingerprint density at radius 1 is 0.814 bits per heavy atom. The molecule has 2 heterocycles. The highest BCUT2D eigenvalue weighted by atomic mass is 32.2. The van der Waals surface area contributed by atoms with Crippen LogP contribution in [0.2, 0.25) is 0 Å². The molecule has 0 bridgehead atoms. The number of nitrogens with one attached hydrogen (secondary N) is 2. The summed E-state index contributed by atoms with van der Waals surface area (Å²) in [6, 6.07) is 37.7. The first-order chi connectivity index (χ1) is 28.8. The van der Waals surface area contributed by atoms with Crippen molar-refractivity contribution in [2.45, 2.75) is 75.3 Å². The SMILES string of the molecule is Nc1ccccc1NC(=O)CCCCCC(=O)NCc1ccccc1-c1ccc([C@H]2O[C@@H](CSc3nnnn3-c3ccc(O)cc3)C[C@@H](c3ccc(CO)cc3)O2)cc1. The number of rotatable bonds is 17. The lowest BCUT2D eigenvalue weighted by molar-refractivity contribution is -0.245. The Morgan fingerprint density at radius 2 is 1.53 bits per heavy atom. The number of thioether (sulfide) groups is 1. The molecule has 0 spiro atoms. The van der Waals surface area contributed by atoms with Gasteiger partial charge in [-0.1, -0.05) is 103 Å². The van der Waals surface area contributed by atoms with Crippen LogP contribution >= 0.6 is 11.8 Å². The second kappa shape index (κ2) is 20.1. The van der Waals surface area contributed by atoms with E-state index in [9.17, 15) is 19.8 Å². The van der Waals surface area contributed by atoms with E-state index in [2.05, 4.69) is 26.2 Å². The van der Waals surface area contributed by atoms with Gasteiger partial charge in [0.25, 0.3) is 0 Å². The first-order valence-electron chi connectivity index (χ1n) is 19.6. The van der Waals surface area contributed by atoms with Crippen LogP contribution in [0, 0.1) is 0 Å². The first kappa shape index (κ1) is 41.1. The molecule has 1 aromatic heterocycles. The van der Waals surface area contributed by atoms with Crippen LogP contribution in [-0.2, 0) is 32.2 Å². The fourth-order valence-corrected chi connectivity index (χ4v) is 7.75. The monoisotopic (exact) mass is 813 g/mol. The number of hydrogen-bond acceptors (Lipinski definition) is 11. The van der Waals surface area contributed by atoms with Gasteiger partial charge in [0, 0.05) is 37.1 Å². The molecule has 1 aliphatic rings. The highest BCUT2D eigenvalue weighted by molar-refractivity contribution is 7.99. The Morgan fingerprint density at radius 3 is 2.29 bits per heavy atom. The van der Waals surface area contributed by atoms with Gasteiger partial charge in [0.15, 0.2) is 6.29 Å². The number of phenols is 1. The third kappa shape index (κ3) is 11.1. The van der Waals surface area contributed by atoms with Gasteiger partial charge >= 0.3 is 0 Å². The van der Waals surface area contributed by atoms with Crippen molar-refractivity contribution in [2.24, 2.45) is 0 Å². The number of aromatic hydroxyl groups is 1. The lowest BCUT2D eigenvalue weighted by atomic mass is 9.97. The maximum absolute atomic E-state index is 12.8. The highest BCUT2D eigenvalue weighted by Crippen LogP contribution is 2.40. The number of amides is 2. The van der Waals surface area contributed by atoms with Crippen LogP contribution in [0.1, 0.15) is 73.2 Å². The quantitative estimate of drug-likeness (QED) is 0.0346. The van der Waals surface area contributed by atoms with E-state index in [1.165, 1.54) is 11.8 Å². The van der Waals surface area contributed by atoms with Crippen LogP contribution in [0.25, 0.3) is 16.8 Å². The third-order valence-electron chi connectivity index (χ3n) is 10.1. The van der Waals surface area contributed by atoms with Crippen LogP contribution in [0.15, 0.2) is 126 Å². The predicted molar refractivity (Wildman–Crippen MR) is 226 cm³/mol. The van der Waals surface area contributed by atoms with Crippen molar-refractivity contribution < 1.29 is 29.3 Å². The average Bonchev–Trinajstić information content (AvgIpc) is 3.75. The summed E-state index contributed by atoms with van der Waals surface area (Å²) in [6.45, 7) is 0.350. The van der Waals surface area contributed by atoms with Crippen LogP contribution in [-0.4, -0.2) is 54.1 Å². The zero-order chi connectivity index (χ0) is 41.0. The minimum atomic E-state index is -0.648. The fraction of sp³-hybridized carbons (Fsp3) is 0.267. The number of ether oxygens (including phenoxy) is 2. The number of unbranched alkanes of at least 4 members (excludes halogenated alkanes) is 2. The molecular weight excluding hydrogens is 767 g/mol. The topological polar surface area (TPSA) is 187 Å². The Labute approximate surface area is 347 Å². The normalized spacial score (nSPS) is 16.4. The molecule has 13 nitrogen and oxygen atoms in total. The molecule has 0 unspecified atom stereocenters. The standard InChI is InChI=1S/C45H47N7O6S/c46-39-10-6-7-11-40(39)48-43(56)13-3-1-2-12-42(55)47-27-34-8-4-5-9-38(34)31-18-20-33(21-19-31)44-57-37(26-41(58-44)32-16-14-30(28-53)15-17-32)29-59-45-49-50-51-52(45)35-22-24-36(54)25-23-35/h4-11,14-25,37,41,44,53-54H,1-3,12-13,26-29,46H2,(H,47,55)(H,48,56)/t37-,41+,44+/m1/s1. The number of hydrogen-bond donors (Lipinski definition) is 5. The van der Waals surface area contributed by atoms with E-state index in [1.54, 1.807) is 41.1 Å². The Hall–Kier alpha value is -6.06. The van der Waals surface area contributed by atoms with E-state index in [4.69, 9.17) is 15.2 Å². The first-order valence-corrected chi connectivity index (χ1v) is 20.6. The zero-order valence-corrected chi connectivity index (χ0v) is 33.3. The molecule has 14 heteroatoms. The van der Waals surface area contributed by atoms with Gasteiger partial charge in [-0.25, -0.2) is 0 Å². The van der Waals surface area contributed by atoms with Crippen molar-refractivity contribution in [3.05, 3.63) is 144 Å². The molecule has 0 aliphatic carbocycles. The van der Waals surface area contributed by atoms with E-state index < -0.39 is 6.29 Å². The summed E-state index contributed by atoms with van der Waals surface area (Å²) < 4.78 is 14.8. The number of nitrogens with zero attached hydrogens (tertiary/aromatic N) is 4. The van der Waals surface area contributed by atoms with E-state index in [0.717, 1.165) is 45.5 Å². The molecule has 0 saturated carbocycles. The molecule has 3 atom stereocenters. The molecule has 0 radical (unpaired) electrons. The van der Waals surface area contributed by atoms with Gasteiger partial charge in [0.05, 0.1) is 35.9 Å². The number of nitrogen functional groups attached to an aromatic ring is 1. The summed E-state index contributed by atoms with van der Waals surface area (Å²) >= 11 is 1.48. The third-order valence-corrected chi connectivity index (χ3v) is 11.1. The van der Waals surface area contributed by atoms with Crippen LogP contribution in [0.5, 0.6) is 5.75 Å². The molecule has 6 N–H and O–H groups in total. The number of tetrazole rings is 1. The largest absolute Gasteiger partial charge is 0.508 e. The zero-order valence-electron chi connectivity index (χ0n) is 32.4. The Kier molecular flexibility index (Phi) is 14.0. The Bertz CT molecular complexity index is 2300. The van der Waals surface area contributed by atoms with Crippen LogP contribution in [0.4, 0.5) is 11.4 Å². The maximum Gasteiger partial charge on any atom is 0.224 e. The number of anilines is 2. The summed E-state index contributed by atoms with van der Waals surface area (Å²) in [4.78, 5) is 25.1. The number of aliphatic hydroxyl groups excluding tert-OH is 1. The minimum absolute atomic E-state index is 0.0339. The van der Waals surface area contributed by atoms with Gasteiger partial charge in [-0.05, 0) is 87.5 Å². The van der Waals surface area contributed by atoms with Gasteiger partial charge in [0.2, 0.25) is 17.0 Å². The molecule has 5 aromatic carbocycles. The van der Waals surface area contributed by atoms with Crippen molar-refractivity contribution in [1.29, 1.82) is 0 Å². The van der Waals surface area contributed by atoms with Crippen molar-refractivity contribution in [3.8, 4) is 22.6 Å². The van der Waals surface area contributed by atoms with Crippen molar-refractivity contribution >= 4 is 35.0 Å². The summed E-state index contributed by atoms with van der Waals surface area (Å²) in [5.41, 5.74) is 13.5. The second-order valence-electron chi connectivity index (χ2n) is 14.3. The minimum Gasteiger partial charge on any atom is -0.508 e. The molecule has 1 aliphatic heterocycles. The number of carbonyl (C=O) groups is 2. The van der Waals surface area contributed by atoms with Gasteiger partial charge in [-0.3, -0.25) is 9.59 Å². The maximum atomic E-state index is 12.8. The molecule has 304 valence electrons. The molecule has 7 rings (SSSR count). The average molecular weight is 814 g/mol. The highest BCUT2D eigenvalue weighted by Gasteiger charge is 2.33. The van der Waals surface area contributed by atoms with Crippen molar-refractivity contribution in [3.63, 3.8) is 0 Å². The fourth-order valence-electron chi connectivity index (χ4n) is 6.84. The van der Waals surface area contributed by atoms with E-state index in [-0.39, 0.29) is 36.4 Å². The van der Waals surface area contributed by atoms with E-state index in [0.29, 0.717) is 60.9 Å². The lowest BCUT2D eigenvalue weighted by Crippen LogP contribution is -2.31. The number of aromatic nitrogens is 4. The number of benzene rings is 5. The number of aliphatic hydroxyl groups is 1. The van der Waals surface area contributed by atoms with E-state index in [1.807, 2.05) is 84.9 Å². The predicted octanol–water partition coefficient (Wildman–Crippen LogP) is 7.65. The van der Waals surface area contributed by atoms with Gasteiger partial charge < -0.3 is 36.1 Å². The van der Waals surface area contributed by atoms with Gasteiger partial charge in [0.1, 0.15) is 5.75 Å². The molecule has 59 heavy (non-hydrogen) atoms. The Balaban J connectivity index is 0.953. The molecule has 1 saturated heterocycles. The number of phenolic OH excluding ortho intramolecular Hbond substituents is 1. The summed E-state index contributed by atoms with van der Waals surface area (Å²) in [6.07, 6.45) is 2.36. The molecular formula is C45H47N7O6S. The van der Waals surface area contributed by atoms with E-state index >= 15 is 0 Å². The number of carbonyl (C=O) groups excluding carboxylic acids is 2. The van der Waals surface area contributed by atoms with Crippen LogP contribution < -0.4 is 16.4 Å². The van der Waals surface area contributed by atoms with Gasteiger partial charge in [-0.2, -0.15) is 4.68 Å². The van der Waals surface area contributed by atoms with Crippen molar-refractivity contribution in [2.75, 3.05) is 16.8 Å².